The van der Waals surface area contributed by atoms with E-state index < -0.39 is 5.41 Å². The monoisotopic (exact) mass is 298 g/mol. The van der Waals surface area contributed by atoms with Crippen LogP contribution >= 0.6 is 12.2 Å². The van der Waals surface area contributed by atoms with Crippen LogP contribution < -0.4 is 11.1 Å². The van der Waals surface area contributed by atoms with Crippen molar-refractivity contribution in [2.75, 3.05) is 13.2 Å². The molecular formula is C15H26N2O2S. The zero-order valence-electron chi connectivity index (χ0n) is 12.4. The van der Waals surface area contributed by atoms with E-state index >= 15 is 0 Å². The predicted molar refractivity (Wildman–Crippen MR) is 83.5 cm³/mol. The lowest BCUT2D eigenvalue weighted by Gasteiger charge is -2.32. The van der Waals surface area contributed by atoms with Crippen LogP contribution in [-0.2, 0) is 9.53 Å². The van der Waals surface area contributed by atoms with E-state index in [4.69, 9.17) is 22.7 Å². The highest BCUT2D eigenvalue weighted by atomic mass is 32.1. The van der Waals surface area contributed by atoms with Gasteiger partial charge in [-0.2, -0.15) is 0 Å². The van der Waals surface area contributed by atoms with Gasteiger partial charge in [0.1, 0.15) is 0 Å². The number of carbonyl (C=O) groups is 1. The van der Waals surface area contributed by atoms with Crippen molar-refractivity contribution in [2.45, 2.75) is 63.9 Å². The minimum Gasteiger partial charge on any atom is -0.392 e. The highest BCUT2D eigenvalue weighted by Crippen LogP contribution is 2.36. The number of thiocarbonyl (C=S) groups is 1. The highest BCUT2D eigenvalue weighted by Gasteiger charge is 2.42. The van der Waals surface area contributed by atoms with Gasteiger partial charge in [-0.3, -0.25) is 4.79 Å². The third kappa shape index (κ3) is 3.31. The molecular weight excluding hydrogens is 272 g/mol. The van der Waals surface area contributed by atoms with Crippen LogP contribution in [0.25, 0.3) is 0 Å². The highest BCUT2D eigenvalue weighted by molar-refractivity contribution is 7.80. The standard InChI is InChI=1S/C15H26N2O2S/c1-14(7-6-10-19-14)11-17-13(18)15(12(16)20)8-4-2-3-5-9-15/h2-11H2,1H3,(H2,16,20)(H,17,18). The maximum absolute atomic E-state index is 12.7. The third-order valence-corrected chi connectivity index (χ3v) is 5.18. The van der Waals surface area contributed by atoms with Crippen LogP contribution in [0.2, 0.25) is 0 Å². The summed E-state index contributed by atoms with van der Waals surface area (Å²) in [6.45, 7) is 3.39. The second-order valence-corrected chi connectivity index (χ2v) is 6.88. The molecule has 2 aliphatic rings. The number of hydrogen-bond acceptors (Lipinski definition) is 3. The van der Waals surface area contributed by atoms with Gasteiger partial charge in [0, 0.05) is 13.2 Å². The molecule has 1 saturated heterocycles. The second kappa shape index (κ2) is 6.39. The summed E-state index contributed by atoms with van der Waals surface area (Å²) in [6.07, 6.45) is 8.01. The van der Waals surface area contributed by atoms with E-state index in [1.807, 2.05) is 0 Å². The Hall–Kier alpha value is -0.680. The van der Waals surface area contributed by atoms with Gasteiger partial charge in [-0.15, -0.1) is 0 Å². The Morgan fingerprint density at radius 1 is 1.20 bits per heavy atom. The molecule has 4 nitrogen and oxygen atoms in total. The number of carbonyl (C=O) groups excluding carboxylic acids is 1. The Bertz CT molecular complexity index is 370. The Morgan fingerprint density at radius 3 is 2.35 bits per heavy atom. The fourth-order valence-electron chi connectivity index (χ4n) is 3.33. The molecule has 1 aliphatic heterocycles. The molecule has 114 valence electrons. The first-order valence-corrected chi connectivity index (χ1v) is 8.12. The molecule has 2 fully saturated rings. The molecule has 0 aromatic rings. The van der Waals surface area contributed by atoms with Crippen LogP contribution in [0.1, 0.15) is 58.3 Å². The molecule has 1 heterocycles. The first-order chi connectivity index (χ1) is 9.49. The van der Waals surface area contributed by atoms with Crippen LogP contribution in [0.4, 0.5) is 0 Å². The number of nitrogens with one attached hydrogen (secondary N) is 1. The molecule has 1 atom stereocenters. The van der Waals surface area contributed by atoms with Crippen molar-refractivity contribution in [3.05, 3.63) is 0 Å². The van der Waals surface area contributed by atoms with Crippen LogP contribution in [0.3, 0.4) is 0 Å². The molecule has 0 aromatic heterocycles. The van der Waals surface area contributed by atoms with Gasteiger partial charge in [0.15, 0.2) is 0 Å². The minimum atomic E-state index is -0.638. The van der Waals surface area contributed by atoms with E-state index in [2.05, 4.69) is 12.2 Å². The average Bonchev–Trinajstić information content (AvgIpc) is 2.70. The summed E-state index contributed by atoms with van der Waals surface area (Å²) in [7, 11) is 0. The van der Waals surface area contributed by atoms with Gasteiger partial charge in [0.2, 0.25) is 5.91 Å². The molecule has 5 heteroatoms. The first kappa shape index (κ1) is 15.7. The maximum Gasteiger partial charge on any atom is 0.233 e. The zero-order valence-corrected chi connectivity index (χ0v) is 13.2. The van der Waals surface area contributed by atoms with Gasteiger partial charge in [-0.25, -0.2) is 0 Å². The third-order valence-electron chi connectivity index (χ3n) is 4.79. The van der Waals surface area contributed by atoms with Crippen LogP contribution in [0.5, 0.6) is 0 Å². The van der Waals surface area contributed by atoms with Crippen molar-refractivity contribution < 1.29 is 9.53 Å². The molecule has 2 rings (SSSR count). The van der Waals surface area contributed by atoms with E-state index in [0.717, 1.165) is 45.1 Å². The molecule has 0 radical (unpaired) electrons. The van der Waals surface area contributed by atoms with Crippen LogP contribution in [0.15, 0.2) is 0 Å². The molecule has 1 unspecified atom stereocenters. The smallest absolute Gasteiger partial charge is 0.233 e. The zero-order chi connectivity index (χ0) is 14.6. The van der Waals surface area contributed by atoms with Crippen molar-refractivity contribution >= 4 is 23.1 Å². The van der Waals surface area contributed by atoms with Gasteiger partial charge >= 0.3 is 0 Å². The second-order valence-electron chi connectivity index (χ2n) is 6.45. The summed E-state index contributed by atoms with van der Waals surface area (Å²) in [5.74, 6) is 0.00336. The SMILES string of the molecule is CC1(CNC(=O)C2(C(N)=S)CCCCCC2)CCCO1. The summed E-state index contributed by atoms with van der Waals surface area (Å²) in [4.78, 5) is 13.0. The largest absolute Gasteiger partial charge is 0.392 e. The summed E-state index contributed by atoms with van der Waals surface area (Å²) in [5, 5.41) is 3.05. The van der Waals surface area contributed by atoms with E-state index in [1.165, 1.54) is 12.8 Å². The quantitative estimate of drug-likeness (QED) is 0.617. The molecule has 1 saturated carbocycles. The van der Waals surface area contributed by atoms with Crippen molar-refractivity contribution in [1.29, 1.82) is 0 Å². The summed E-state index contributed by atoms with van der Waals surface area (Å²) in [5.41, 5.74) is 5.07. The van der Waals surface area contributed by atoms with E-state index in [1.54, 1.807) is 0 Å². The molecule has 0 bridgehead atoms. The number of nitrogens with two attached hydrogens (primary N) is 1. The lowest BCUT2D eigenvalue weighted by Crippen LogP contribution is -2.51. The normalized spacial score (nSPS) is 29.6. The van der Waals surface area contributed by atoms with Crippen LogP contribution in [0, 0.1) is 5.41 Å². The molecule has 0 aromatic carbocycles. The van der Waals surface area contributed by atoms with Crippen molar-refractivity contribution in [3.8, 4) is 0 Å². The maximum atomic E-state index is 12.7. The first-order valence-electron chi connectivity index (χ1n) is 7.71. The Balaban J connectivity index is 2.01. The van der Waals surface area contributed by atoms with Gasteiger partial charge < -0.3 is 15.8 Å². The number of hydrogen-bond donors (Lipinski definition) is 2. The van der Waals surface area contributed by atoms with Gasteiger partial charge in [-0.1, -0.05) is 37.9 Å². The van der Waals surface area contributed by atoms with Crippen LogP contribution in [-0.4, -0.2) is 29.6 Å². The lowest BCUT2D eigenvalue weighted by molar-refractivity contribution is -0.129. The summed E-state index contributed by atoms with van der Waals surface area (Å²) in [6, 6.07) is 0. The lowest BCUT2D eigenvalue weighted by atomic mass is 9.79. The van der Waals surface area contributed by atoms with Gasteiger partial charge in [0.25, 0.3) is 0 Å². The van der Waals surface area contributed by atoms with Gasteiger partial charge in [-0.05, 0) is 32.6 Å². The fourth-order valence-corrected chi connectivity index (χ4v) is 3.63. The van der Waals surface area contributed by atoms with E-state index in [0.29, 0.717) is 11.5 Å². The minimum absolute atomic E-state index is 0.00336. The fraction of sp³-hybridized carbons (Fsp3) is 0.867. The number of ether oxygens (including phenoxy) is 1. The summed E-state index contributed by atoms with van der Waals surface area (Å²) >= 11 is 5.23. The Labute approximate surface area is 126 Å². The number of amides is 1. The van der Waals surface area contributed by atoms with Crippen molar-refractivity contribution in [3.63, 3.8) is 0 Å². The molecule has 3 N–H and O–H groups in total. The Morgan fingerprint density at radius 2 is 1.85 bits per heavy atom. The topological polar surface area (TPSA) is 64.4 Å². The number of rotatable bonds is 4. The predicted octanol–water partition coefficient (Wildman–Crippen LogP) is 2.30. The van der Waals surface area contributed by atoms with E-state index in [-0.39, 0.29) is 11.5 Å². The molecule has 1 aliphatic carbocycles. The molecule has 1 amide bonds. The van der Waals surface area contributed by atoms with Crippen molar-refractivity contribution in [1.82, 2.24) is 5.32 Å². The van der Waals surface area contributed by atoms with Crippen molar-refractivity contribution in [2.24, 2.45) is 11.1 Å². The van der Waals surface area contributed by atoms with Gasteiger partial charge in [0.05, 0.1) is 16.0 Å². The Kier molecular flexibility index (Phi) is 5.02. The molecule has 20 heavy (non-hydrogen) atoms. The summed E-state index contributed by atoms with van der Waals surface area (Å²) < 4.78 is 5.72. The van der Waals surface area contributed by atoms with E-state index in [9.17, 15) is 4.79 Å². The molecule has 0 spiro atoms. The average molecular weight is 298 g/mol.